The lowest BCUT2D eigenvalue weighted by molar-refractivity contribution is -0.274. The molecule has 0 unspecified atom stereocenters. The maximum absolute atomic E-state index is 12.4. The van der Waals surface area contributed by atoms with Crippen LogP contribution in [0.1, 0.15) is 34.9 Å². The third kappa shape index (κ3) is 5.83. The van der Waals surface area contributed by atoms with Gasteiger partial charge in [0.1, 0.15) is 5.75 Å². The van der Waals surface area contributed by atoms with Crippen LogP contribution in [0.3, 0.4) is 0 Å². The monoisotopic (exact) mass is 405 g/mol. The minimum Gasteiger partial charge on any atom is -0.405 e. The fourth-order valence-electron chi connectivity index (χ4n) is 2.77. The number of nitrogens with zero attached hydrogens (tertiary/aromatic N) is 3. The van der Waals surface area contributed by atoms with Gasteiger partial charge in [-0.2, -0.15) is 0 Å². The molecule has 148 valence electrons. The Morgan fingerprint density at radius 2 is 2.00 bits per heavy atom. The molecule has 0 bridgehead atoms. The Balaban J connectivity index is 0.00000261. The molecular weight excluding hydrogens is 387 g/mol. The smallest absolute Gasteiger partial charge is 0.405 e. The first-order chi connectivity index (χ1) is 12.4. The third-order valence-electron chi connectivity index (χ3n) is 4.06. The van der Waals surface area contributed by atoms with Crippen molar-refractivity contribution in [1.29, 1.82) is 0 Å². The number of hydrogen-bond acceptors (Lipinski definition) is 5. The van der Waals surface area contributed by atoms with Crippen LogP contribution in [0.25, 0.3) is 0 Å². The van der Waals surface area contributed by atoms with Gasteiger partial charge in [0.2, 0.25) is 0 Å². The second-order valence-corrected chi connectivity index (χ2v) is 5.90. The van der Waals surface area contributed by atoms with Gasteiger partial charge in [-0.1, -0.05) is 23.4 Å². The lowest BCUT2D eigenvalue weighted by atomic mass is 10.1. The molecule has 3 rings (SSSR count). The summed E-state index contributed by atoms with van der Waals surface area (Å²) >= 11 is 0. The van der Waals surface area contributed by atoms with E-state index in [1.54, 1.807) is 16.9 Å². The van der Waals surface area contributed by atoms with Crippen molar-refractivity contribution >= 4 is 18.3 Å². The number of carbonyl (C=O) groups excluding carboxylic acids is 1. The van der Waals surface area contributed by atoms with Crippen LogP contribution in [0.5, 0.6) is 5.75 Å². The van der Waals surface area contributed by atoms with Gasteiger partial charge in [-0.3, -0.25) is 4.79 Å². The first-order valence-corrected chi connectivity index (χ1v) is 8.17. The number of hydrogen-bond donors (Lipinski definition) is 2. The molecule has 1 saturated heterocycles. The van der Waals surface area contributed by atoms with E-state index in [9.17, 15) is 18.0 Å². The van der Waals surface area contributed by atoms with Gasteiger partial charge in [0, 0.05) is 12.1 Å². The van der Waals surface area contributed by atoms with Gasteiger partial charge >= 0.3 is 6.36 Å². The fourth-order valence-corrected chi connectivity index (χ4v) is 2.77. The summed E-state index contributed by atoms with van der Waals surface area (Å²) in [5.74, 6) is -0.856. The van der Waals surface area contributed by atoms with Crippen LogP contribution < -0.4 is 15.4 Å². The van der Waals surface area contributed by atoms with Gasteiger partial charge in [0.25, 0.3) is 5.91 Å². The number of piperidine rings is 1. The molecule has 1 fully saturated rings. The van der Waals surface area contributed by atoms with Crippen molar-refractivity contribution in [1.82, 2.24) is 25.6 Å². The zero-order valence-corrected chi connectivity index (χ0v) is 15.0. The van der Waals surface area contributed by atoms with E-state index in [1.807, 2.05) is 0 Å². The van der Waals surface area contributed by atoms with Crippen molar-refractivity contribution in [2.75, 3.05) is 13.1 Å². The highest BCUT2D eigenvalue weighted by Gasteiger charge is 2.32. The van der Waals surface area contributed by atoms with Crippen molar-refractivity contribution in [2.24, 2.45) is 0 Å². The molecule has 0 saturated carbocycles. The highest BCUT2D eigenvalue weighted by atomic mass is 35.5. The molecule has 2 N–H and O–H groups in total. The van der Waals surface area contributed by atoms with E-state index < -0.39 is 12.3 Å². The number of benzene rings is 1. The minimum atomic E-state index is -4.79. The zero-order valence-electron chi connectivity index (χ0n) is 14.2. The maximum atomic E-state index is 12.4. The van der Waals surface area contributed by atoms with Gasteiger partial charge in [-0.05, 0) is 32.0 Å². The summed E-state index contributed by atoms with van der Waals surface area (Å²) in [7, 11) is 0. The minimum absolute atomic E-state index is 0. The van der Waals surface area contributed by atoms with E-state index in [1.165, 1.54) is 18.2 Å². The predicted molar refractivity (Wildman–Crippen MR) is 92.7 cm³/mol. The summed E-state index contributed by atoms with van der Waals surface area (Å²) in [4.78, 5) is 12.2. The van der Waals surface area contributed by atoms with E-state index in [4.69, 9.17) is 0 Å². The van der Waals surface area contributed by atoms with Gasteiger partial charge in [0.15, 0.2) is 5.69 Å². The molecule has 11 heteroatoms. The Hall–Kier alpha value is -2.33. The quantitative estimate of drug-likeness (QED) is 0.798. The molecular formula is C16H19ClF3N5O2. The van der Waals surface area contributed by atoms with Gasteiger partial charge in [-0.25, -0.2) is 4.68 Å². The predicted octanol–water partition coefficient (Wildman–Crippen LogP) is 2.45. The number of para-hydroxylation sites is 1. The Labute approximate surface area is 159 Å². The number of rotatable bonds is 5. The molecule has 7 nitrogen and oxygen atoms in total. The zero-order chi connectivity index (χ0) is 18.6. The summed E-state index contributed by atoms with van der Waals surface area (Å²) in [5.41, 5.74) is 0.335. The molecule has 0 atom stereocenters. The largest absolute Gasteiger partial charge is 0.573 e. The maximum Gasteiger partial charge on any atom is 0.573 e. The van der Waals surface area contributed by atoms with Crippen LogP contribution in [0.2, 0.25) is 0 Å². The number of nitrogens with one attached hydrogen (secondary N) is 2. The number of alkyl halides is 3. The van der Waals surface area contributed by atoms with Crippen LogP contribution in [-0.4, -0.2) is 40.4 Å². The van der Waals surface area contributed by atoms with E-state index in [0.717, 1.165) is 25.9 Å². The molecule has 0 radical (unpaired) electrons. The SMILES string of the molecule is Cl.O=C(NCc1ccccc1OC(F)(F)F)c1cn(C2CCNCC2)nn1. The first kappa shape index (κ1) is 21.0. The number of ether oxygens (including phenoxy) is 1. The molecule has 27 heavy (non-hydrogen) atoms. The van der Waals surface area contributed by atoms with Crippen molar-refractivity contribution < 1.29 is 22.7 Å². The van der Waals surface area contributed by atoms with Crippen LogP contribution in [0.15, 0.2) is 30.5 Å². The van der Waals surface area contributed by atoms with Gasteiger partial charge in [0.05, 0.1) is 12.2 Å². The molecule has 1 aromatic heterocycles. The Morgan fingerprint density at radius 3 is 2.70 bits per heavy atom. The Kier molecular flexibility index (Phi) is 7.03. The molecule has 1 aliphatic rings. The second kappa shape index (κ2) is 9.05. The van der Waals surface area contributed by atoms with Gasteiger partial charge < -0.3 is 15.4 Å². The van der Waals surface area contributed by atoms with Crippen molar-refractivity contribution in [3.05, 3.63) is 41.7 Å². The van der Waals surface area contributed by atoms with Crippen molar-refractivity contribution in [3.63, 3.8) is 0 Å². The average Bonchev–Trinajstić information content (AvgIpc) is 3.10. The van der Waals surface area contributed by atoms with Crippen molar-refractivity contribution in [2.45, 2.75) is 31.8 Å². The summed E-state index contributed by atoms with van der Waals surface area (Å²) in [5, 5.41) is 13.6. The number of halogens is 4. The molecule has 0 spiro atoms. The van der Waals surface area contributed by atoms with Crippen LogP contribution in [0, 0.1) is 0 Å². The number of aromatic nitrogens is 3. The number of carbonyl (C=O) groups is 1. The highest BCUT2D eigenvalue weighted by molar-refractivity contribution is 5.91. The molecule has 1 aliphatic heterocycles. The van der Waals surface area contributed by atoms with Crippen LogP contribution in [-0.2, 0) is 6.54 Å². The normalized spacial score (nSPS) is 15.1. The third-order valence-corrected chi connectivity index (χ3v) is 4.06. The fraction of sp³-hybridized carbons (Fsp3) is 0.438. The molecule has 2 aromatic rings. The lowest BCUT2D eigenvalue weighted by Crippen LogP contribution is -2.29. The molecule has 1 amide bonds. The van der Waals surface area contributed by atoms with Crippen LogP contribution in [0.4, 0.5) is 13.2 Å². The number of amides is 1. The van der Waals surface area contributed by atoms with Crippen molar-refractivity contribution in [3.8, 4) is 5.75 Å². The summed E-state index contributed by atoms with van der Waals surface area (Å²) in [6, 6.07) is 5.83. The summed E-state index contributed by atoms with van der Waals surface area (Å²) < 4.78 is 42.9. The molecule has 2 heterocycles. The summed E-state index contributed by atoms with van der Waals surface area (Å²) in [6.07, 6.45) is -1.44. The second-order valence-electron chi connectivity index (χ2n) is 5.90. The standard InChI is InChI=1S/C16H18F3N5O2.ClH/c17-16(18,19)26-14-4-2-1-3-11(14)9-21-15(25)13-10-24(23-22-13)12-5-7-20-8-6-12;/h1-4,10,12,20H,5-9H2,(H,21,25);1H. The lowest BCUT2D eigenvalue weighted by Gasteiger charge is -2.22. The average molecular weight is 406 g/mol. The van der Waals surface area contributed by atoms with E-state index in [0.29, 0.717) is 0 Å². The Bertz CT molecular complexity index is 763. The topological polar surface area (TPSA) is 81.1 Å². The summed E-state index contributed by atoms with van der Waals surface area (Å²) in [6.45, 7) is 1.63. The van der Waals surface area contributed by atoms with E-state index in [-0.39, 0.29) is 42.0 Å². The van der Waals surface area contributed by atoms with Gasteiger partial charge in [-0.15, -0.1) is 30.7 Å². The van der Waals surface area contributed by atoms with Crippen LogP contribution >= 0.6 is 12.4 Å². The highest BCUT2D eigenvalue weighted by Crippen LogP contribution is 2.26. The van der Waals surface area contributed by atoms with E-state index >= 15 is 0 Å². The molecule has 1 aromatic carbocycles. The first-order valence-electron chi connectivity index (χ1n) is 8.17. The Morgan fingerprint density at radius 1 is 1.30 bits per heavy atom. The van der Waals surface area contributed by atoms with E-state index in [2.05, 4.69) is 25.7 Å². The molecule has 0 aliphatic carbocycles.